The van der Waals surface area contributed by atoms with Gasteiger partial charge in [0.2, 0.25) is 0 Å². The zero-order chi connectivity index (χ0) is 20.5. The molecule has 0 aliphatic heterocycles. The lowest BCUT2D eigenvalue weighted by atomic mass is 10.1. The van der Waals surface area contributed by atoms with Crippen LogP contribution in [0.3, 0.4) is 0 Å². The fourth-order valence-electron chi connectivity index (χ4n) is 2.50. The summed E-state index contributed by atoms with van der Waals surface area (Å²) in [6.45, 7) is 2.70. The van der Waals surface area contributed by atoms with Crippen molar-refractivity contribution in [1.29, 1.82) is 0 Å². The molecule has 0 aliphatic rings. The number of methoxy groups -OCH3 is 1. The van der Waals surface area contributed by atoms with Gasteiger partial charge in [0.05, 0.1) is 38.0 Å². The van der Waals surface area contributed by atoms with Crippen LogP contribution < -0.4 is 14.9 Å². The first-order valence-corrected chi connectivity index (χ1v) is 9.22. The third-order valence-electron chi connectivity index (χ3n) is 3.96. The van der Waals surface area contributed by atoms with E-state index in [1.807, 2.05) is 55.5 Å². The van der Waals surface area contributed by atoms with Gasteiger partial charge in [-0.2, -0.15) is 5.10 Å². The van der Waals surface area contributed by atoms with Gasteiger partial charge >= 0.3 is 0 Å². The van der Waals surface area contributed by atoms with E-state index in [2.05, 4.69) is 20.5 Å². The maximum absolute atomic E-state index is 12.4. The molecule has 0 bridgehead atoms. The standard InChI is InChI=1S/C22H22N4O3/c1-3-11-29-19-6-4-5-16(12-19)13-24-26-22(27)21-15-23-14-20(25-21)17-7-9-18(28-2)10-8-17/h4-10,12-15H,3,11H2,1-2H3,(H,26,27). The molecule has 1 N–H and O–H groups in total. The number of ether oxygens (including phenoxy) is 2. The fraction of sp³-hybridized carbons (Fsp3) is 0.182. The van der Waals surface area contributed by atoms with Crippen molar-refractivity contribution in [3.8, 4) is 22.8 Å². The van der Waals surface area contributed by atoms with Gasteiger partial charge in [-0.25, -0.2) is 10.4 Å². The number of hydrogen-bond donors (Lipinski definition) is 1. The highest BCUT2D eigenvalue weighted by Crippen LogP contribution is 2.20. The first-order chi connectivity index (χ1) is 14.2. The summed E-state index contributed by atoms with van der Waals surface area (Å²) in [4.78, 5) is 20.8. The smallest absolute Gasteiger partial charge is 0.291 e. The Hall–Kier alpha value is -3.74. The molecule has 0 atom stereocenters. The molecule has 2 aromatic carbocycles. The second kappa shape index (κ2) is 9.98. The Bertz CT molecular complexity index is 987. The first-order valence-electron chi connectivity index (χ1n) is 9.22. The van der Waals surface area contributed by atoms with Crippen LogP contribution in [0.25, 0.3) is 11.3 Å². The molecule has 0 fully saturated rings. The third-order valence-corrected chi connectivity index (χ3v) is 3.96. The van der Waals surface area contributed by atoms with Crippen LogP contribution in [0, 0.1) is 0 Å². The Balaban J connectivity index is 1.65. The summed E-state index contributed by atoms with van der Waals surface area (Å²) in [6.07, 6.45) is 5.49. The number of amides is 1. The molecule has 0 unspecified atom stereocenters. The number of nitrogens with zero attached hydrogens (tertiary/aromatic N) is 3. The van der Waals surface area contributed by atoms with Crippen LogP contribution in [-0.2, 0) is 0 Å². The molecular weight excluding hydrogens is 368 g/mol. The Morgan fingerprint density at radius 2 is 1.97 bits per heavy atom. The highest BCUT2D eigenvalue weighted by Gasteiger charge is 2.09. The van der Waals surface area contributed by atoms with Gasteiger partial charge in [-0.3, -0.25) is 9.78 Å². The Labute approximate surface area is 169 Å². The minimum Gasteiger partial charge on any atom is -0.497 e. The topological polar surface area (TPSA) is 85.7 Å². The first kappa shape index (κ1) is 20.0. The van der Waals surface area contributed by atoms with E-state index in [9.17, 15) is 4.79 Å². The molecular formula is C22H22N4O3. The van der Waals surface area contributed by atoms with E-state index in [1.165, 1.54) is 6.20 Å². The highest BCUT2D eigenvalue weighted by molar-refractivity contribution is 5.93. The molecule has 3 aromatic rings. The number of rotatable bonds is 8. The summed E-state index contributed by atoms with van der Waals surface area (Å²) in [5, 5.41) is 4.00. The fourth-order valence-corrected chi connectivity index (χ4v) is 2.50. The second-order valence-electron chi connectivity index (χ2n) is 6.14. The van der Waals surface area contributed by atoms with E-state index >= 15 is 0 Å². The average molecular weight is 390 g/mol. The molecule has 148 valence electrons. The Morgan fingerprint density at radius 3 is 2.72 bits per heavy atom. The van der Waals surface area contributed by atoms with E-state index in [-0.39, 0.29) is 5.69 Å². The predicted octanol–water partition coefficient (Wildman–Crippen LogP) is 3.70. The number of nitrogens with one attached hydrogen (secondary N) is 1. The molecule has 7 heteroatoms. The van der Waals surface area contributed by atoms with Gasteiger partial charge in [-0.15, -0.1) is 0 Å². The van der Waals surface area contributed by atoms with Gasteiger partial charge in [-0.1, -0.05) is 19.1 Å². The van der Waals surface area contributed by atoms with Crippen molar-refractivity contribution in [3.63, 3.8) is 0 Å². The number of carbonyl (C=O) groups excluding carboxylic acids is 1. The lowest BCUT2D eigenvalue weighted by Gasteiger charge is -2.05. The monoisotopic (exact) mass is 390 g/mol. The molecule has 29 heavy (non-hydrogen) atoms. The quantitative estimate of drug-likeness (QED) is 0.468. The predicted molar refractivity (Wildman–Crippen MR) is 111 cm³/mol. The van der Waals surface area contributed by atoms with Crippen molar-refractivity contribution in [2.45, 2.75) is 13.3 Å². The average Bonchev–Trinajstić information content (AvgIpc) is 2.78. The van der Waals surface area contributed by atoms with E-state index in [1.54, 1.807) is 19.5 Å². The van der Waals surface area contributed by atoms with Crippen molar-refractivity contribution in [3.05, 3.63) is 72.2 Å². The van der Waals surface area contributed by atoms with Gasteiger partial charge in [0.25, 0.3) is 5.91 Å². The van der Waals surface area contributed by atoms with Crippen LogP contribution in [0.2, 0.25) is 0 Å². The highest BCUT2D eigenvalue weighted by atomic mass is 16.5. The Morgan fingerprint density at radius 1 is 1.14 bits per heavy atom. The summed E-state index contributed by atoms with van der Waals surface area (Å²) in [7, 11) is 1.61. The van der Waals surface area contributed by atoms with E-state index in [0.29, 0.717) is 12.3 Å². The Kier molecular flexibility index (Phi) is 6.89. The molecule has 0 aliphatic carbocycles. The van der Waals surface area contributed by atoms with Crippen molar-refractivity contribution < 1.29 is 14.3 Å². The van der Waals surface area contributed by atoms with E-state index < -0.39 is 5.91 Å². The van der Waals surface area contributed by atoms with Crippen molar-refractivity contribution in [1.82, 2.24) is 15.4 Å². The molecule has 1 aromatic heterocycles. The van der Waals surface area contributed by atoms with E-state index in [0.717, 1.165) is 29.0 Å². The van der Waals surface area contributed by atoms with Gasteiger partial charge in [0.1, 0.15) is 17.2 Å². The minimum atomic E-state index is -0.442. The van der Waals surface area contributed by atoms with Gasteiger partial charge < -0.3 is 9.47 Å². The van der Waals surface area contributed by atoms with Gasteiger partial charge in [0, 0.05) is 5.56 Å². The van der Waals surface area contributed by atoms with Crippen LogP contribution in [0.5, 0.6) is 11.5 Å². The number of hydrogen-bond acceptors (Lipinski definition) is 6. The molecule has 0 spiro atoms. The lowest BCUT2D eigenvalue weighted by Crippen LogP contribution is -2.19. The maximum Gasteiger partial charge on any atom is 0.291 e. The van der Waals surface area contributed by atoms with Crippen LogP contribution in [0.4, 0.5) is 0 Å². The van der Waals surface area contributed by atoms with Crippen LogP contribution in [0.15, 0.2) is 66.0 Å². The maximum atomic E-state index is 12.4. The number of benzene rings is 2. The zero-order valence-electron chi connectivity index (χ0n) is 16.3. The summed E-state index contributed by atoms with van der Waals surface area (Å²) < 4.78 is 10.7. The van der Waals surface area contributed by atoms with Crippen LogP contribution in [0.1, 0.15) is 29.4 Å². The number of carbonyl (C=O) groups is 1. The van der Waals surface area contributed by atoms with Crippen LogP contribution in [-0.4, -0.2) is 35.8 Å². The summed E-state index contributed by atoms with van der Waals surface area (Å²) in [6, 6.07) is 14.9. The molecule has 0 saturated carbocycles. The van der Waals surface area contributed by atoms with Crippen molar-refractivity contribution in [2.75, 3.05) is 13.7 Å². The molecule has 1 amide bonds. The van der Waals surface area contributed by atoms with Crippen molar-refractivity contribution in [2.24, 2.45) is 5.10 Å². The normalized spacial score (nSPS) is 10.7. The molecule has 7 nitrogen and oxygen atoms in total. The largest absolute Gasteiger partial charge is 0.497 e. The van der Waals surface area contributed by atoms with Crippen LogP contribution >= 0.6 is 0 Å². The number of aromatic nitrogens is 2. The zero-order valence-corrected chi connectivity index (χ0v) is 16.3. The number of hydrazone groups is 1. The second-order valence-corrected chi connectivity index (χ2v) is 6.14. The van der Waals surface area contributed by atoms with Gasteiger partial charge in [-0.05, 0) is 48.4 Å². The molecule has 0 saturated heterocycles. The molecule has 3 rings (SSSR count). The van der Waals surface area contributed by atoms with Crippen molar-refractivity contribution >= 4 is 12.1 Å². The molecule has 0 radical (unpaired) electrons. The minimum absolute atomic E-state index is 0.176. The van der Waals surface area contributed by atoms with E-state index in [4.69, 9.17) is 9.47 Å². The SMILES string of the molecule is CCCOc1cccc(C=NNC(=O)c2cncc(-c3ccc(OC)cc3)n2)c1. The summed E-state index contributed by atoms with van der Waals surface area (Å²) in [5.41, 5.74) is 4.89. The molecule has 1 heterocycles. The van der Waals surface area contributed by atoms with Gasteiger partial charge in [0.15, 0.2) is 0 Å². The lowest BCUT2D eigenvalue weighted by molar-refractivity contribution is 0.0950. The third kappa shape index (κ3) is 5.62. The summed E-state index contributed by atoms with van der Waals surface area (Å²) in [5.74, 6) is 1.07. The summed E-state index contributed by atoms with van der Waals surface area (Å²) >= 11 is 0.